The number of nitriles is 1. The molecule has 1 aliphatic rings. The molecule has 1 aliphatic carbocycles. The van der Waals surface area contributed by atoms with Crippen LogP contribution >= 0.6 is 0 Å². The Bertz CT molecular complexity index is 991. The minimum Gasteiger partial charge on any atom is -0.488 e. The monoisotopic (exact) mass is 360 g/mol. The number of nitrogens with two attached hydrogens (primary N) is 1. The van der Waals surface area contributed by atoms with Crippen molar-refractivity contribution in [3.63, 3.8) is 0 Å². The maximum Gasteiger partial charge on any atom is 0.149 e. The van der Waals surface area contributed by atoms with Crippen LogP contribution in [0.1, 0.15) is 31.2 Å². The molecule has 0 aliphatic heterocycles. The van der Waals surface area contributed by atoms with Gasteiger partial charge < -0.3 is 15.8 Å². The van der Waals surface area contributed by atoms with Gasteiger partial charge in [0, 0.05) is 36.4 Å². The number of fused-ring (bicyclic) bond motifs is 1. The fourth-order valence-electron chi connectivity index (χ4n) is 3.45. The summed E-state index contributed by atoms with van der Waals surface area (Å²) in [4.78, 5) is 13.0. The summed E-state index contributed by atoms with van der Waals surface area (Å²) in [6.07, 6.45) is 8.87. The van der Waals surface area contributed by atoms with Crippen LogP contribution in [0.4, 0.5) is 11.5 Å². The van der Waals surface area contributed by atoms with Crippen LogP contribution in [0.3, 0.4) is 0 Å². The largest absolute Gasteiger partial charge is 0.488 e. The van der Waals surface area contributed by atoms with Crippen molar-refractivity contribution in [2.75, 3.05) is 11.1 Å². The molecule has 0 spiro atoms. The van der Waals surface area contributed by atoms with Gasteiger partial charge >= 0.3 is 0 Å². The number of hydrogen-bond donors (Lipinski definition) is 2. The molecule has 3 N–H and O–H groups in total. The number of hydrogen-bond acceptors (Lipinski definition) is 7. The smallest absolute Gasteiger partial charge is 0.149 e. The quantitative estimate of drug-likeness (QED) is 0.687. The summed E-state index contributed by atoms with van der Waals surface area (Å²) < 4.78 is 6.22. The Morgan fingerprint density at radius 3 is 2.67 bits per heavy atom. The normalized spacial score (nSPS) is 19.4. The molecular formula is C20H20N6O. The molecule has 0 unspecified atom stereocenters. The lowest BCUT2D eigenvalue weighted by molar-refractivity contribution is 0.152. The van der Waals surface area contributed by atoms with Crippen LogP contribution in [0.15, 0.2) is 42.9 Å². The highest BCUT2D eigenvalue weighted by atomic mass is 16.5. The van der Waals surface area contributed by atoms with Gasteiger partial charge in [-0.05, 0) is 43.9 Å². The molecule has 1 saturated carbocycles. The van der Waals surface area contributed by atoms with E-state index in [2.05, 4.69) is 26.3 Å². The van der Waals surface area contributed by atoms with E-state index in [9.17, 15) is 0 Å². The van der Waals surface area contributed by atoms with Crippen molar-refractivity contribution in [3.8, 4) is 11.8 Å². The van der Waals surface area contributed by atoms with Crippen LogP contribution in [0.2, 0.25) is 0 Å². The molecule has 1 aromatic carbocycles. The van der Waals surface area contributed by atoms with E-state index in [1.807, 2.05) is 6.07 Å². The van der Waals surface area contributed by atoms with Gasteiger partial charge in [0.15, 0.2) is 0 Å². The van der Waals surface area contributed by atoms with Crippen molar-refractivity contribution in [2.24, 2.45) is 0 Å². The number of nitrogens with zero attached hydrogens (tertiary/aromatic N) is 4. The fraction of sp³-hybridized carbons (Fsp3) is 0.300. The topological polar surface area (TPSA) is 110 Å². The number of ether oxygens (including phenoxy) is 1. The highest BCUT2D eigenvalue weighted by Crippen LogP contribution is 2.30. The molecule has 4 rings (SSSR count). The predicted molar refractivity (Wildman–Crippen MR) is 103 cm³/mol. The van der Waals surface area contributed by atoms with Gasteiger partial charge in [-0.1, -0.05) is 0 Å². The average Bonchev–Trinajstić information content (AvgIpc) is 2.69. The Kier molecular flexibility index (Phi) is 4.71. The number of nitrogens with one attached hydrogen (secondary N) is 1. The highest BCUT2D eigenvalue weighted by Gasteiger charge is 2.23. The Labute approximate surface area is 157 Å². The molecule has 7 heteroatoms. The van der Waals surface area contributed by atoms with Crippen LogP contribution in [0, 0.1) is 11.3 Å². The SMILES string of the molecule is N#Cc1ccnc(NC2CCC(Oc3cc(N)cc4nccnc34)CC2)c1. The summed E-state index contributed by atoms with van der Waals surface area (Å²) in [6.45, 7) is 0. The van der Waals surface area contributed by atoms with Gasteiger partial charge in [-0.3, -0.25) is 4.98 Å². The van der Waals surface area contributed by atoms with Gasteiger partial charge in [0.05, 0.1) is 23.3 Å². The molecular weight excluding hydrogens is 340 g/mol. The number of nitrogen functional groups attached to an aromatic ring is 1. The van der Waals surface area contributed by atoms with Crippen LogP contribution in [0.5, 0.6) is 5.75 Å². The Morgan fingerprint density at radius 2 is 1.85 bits per heavy atom. The molecule has 0 bridgehead atoms. The van der Waals surface area contributed by atoms with Crippen LogP contribution in [-0.4, -0.2) is 27.1 Å². The van der Waals surface area contributed by atoms with E-state index in [0.717, 1.165) is 42.5 Å². The minimum absolute atomic E-state index is 0.119. The molecule has 2 heterocycles. The van der Waals surface area contributed by atoms with E-state index < -0.39 is 0 Å². The minimum atomic E-state index is 0.119. The third-order valence-electron chi connectivity index (χ3n) is 4.77. The van der Waals surface area contributed by atoms with E-state index in [1.54, 1.807) is 36.8 Å². The predicted octanol–water partition coefficient (Wildman–Crippen LogP) is 3.28. The van der Waals surface area contributed by atoms with Gasteiger partial charge in [-0.25, -0.2) is 9.97 Å². The zero-order valence-corrected chi connectivity index (χ0v) is 14.8. The van der Waals surface area contributed by atoms with E-state index in [0.29, 0.717) is 23.0 Å². The highest BCUT2D eigenvalue weighted by molar-refractivity contribution is 5.84. The molecule has 3 aromatic rings. The number of benzene rings is 1. The molecule has 2 aromatic heterocycles. The summed E-state index contributed by atoms with van der Waals surface area (Å²) in [5.74, 6) is 1.44. The second-order valence-electron chi connectivity index (χ2n) is 6.72. The lowest BCUT2D eigenvalue weighted by atomic mass is 9.93. The van der Waals surface area contributed by atoms with Crippen molar-refractivity contribution < 1.29 is 4.74 Å². The molecule has 136 valence electrons. The summed E-state index contributed by atoms with van der Waals surface area (Å²) in [6, 6.07) is 9.56. The first-order chi connectivity index (χ1) is 13.2. The first-order valence-corrected chi connectivity index (χ1v) is 9.01. The van der Waals surface area contributed by atoms with E-state index >= 15 is 0 Å². The number of anilines is 2. The van der Waals surface area contributed by atoms with E-state index in [4.69, 9.17) is 15.7 Å². The van der Waals surface area contributed by atoms with Crippen molar-refractivity contribution >= 4 is 22.5 Å². The van der Waals surface area contributed by atoms with Gasteiger partial charge in [0.2, 0.25) is 0 Å². The van der Waals surface area contributed by atoms with Crippen LogP contribution in [-0.2, 0) is 0 Å². The van der Waals surface area contributed by atoms with Crippen molar-refractivity contribution in [1.82, 2.24) is 15.0 Å². The van der Waals surface area contributed by atoms with Crippen molar-refractivity contribution in [1.29, 1.82) is 5.26 Å². The summed E-state index contributed by atoms with van der Waals surface area (Å²) in [7, 11) is 0. The first kappa shape index (κ1) is 17.0. The molecule has 1 fully saturated rings. The van der Waals surface area contributed by atoms with Gasteiger partial charge in [0.25, 0.3) is 0 Å². The zero-order valence-electron chi connectivity index (χ0n) is 14.8. The maximum absolute atomic E-state index is 9.00. The maximum atomic E-state index is 9.00. The third kappa shape index (κ3) is 3.90. The lowest BCUT2D eigenvalue weighted by Gasteiger charge is -2.30. The summed E-state index contributed by atoms with van der Waals surface area (Å²) in [5, 5.41) is 12.4. The summed E-state index contributed by atoms with van der Waals surface area (Å²) in [5.41, 5.74) is 8.69. The molecule has 7 nitrogen and oxygen atoms in total. The van der Waals surface area contributed by atoms with Gasteiger partial charge in [0.1, 0.15) is 17.1 Å². The van der Waals surface area contributed by atoms with Crippen LogP contribution in [0.25, 0.3) is 11.0 Å². The molecule has 0 saturated heterocycles. The van der Waals surface area contributed by atoms with E-state index in [-0.39, 0.29) is 6.10 Å². The fourth-order valence-corrected chi connectivity index (χ4v) is 3.45. The Hall–Kier alpha value is -3.40. The molecule has 0 amide bonds. The molecule has 0 atom stereocenters. The van der Waals surface area contributed by atoms with Crippen molar-refractivity contribution in [3.05, 3.63) is 48.4 Å². The van der Waals surface area contributed by atoms with Gasteiger partial charge in [-0.15, -0.1) is 0 Å². The Balaban J connectivity index is 1.39. The number of pyridine rings is 1. The third-order valence-corrected chi connectivity index (χ3v) is 4.77. The summed E-state index contributed by atoms with van der Waals surface area (Å²) >= 11 is 0. The Morgan fingerprint density at radius 1 is 1.04 bits per heavy atom. The second kappa shape index (κ2) is 7.46. The standard InChI is InChI=1S/C20H20N6O/c21-12-13-5-6-24-19(9-13)26-15-1-3-16(4-2-15)27-18-11-14(22)10-17-20(18)25-8-7-23-17/h5-11,15-16H,1-4,22H2,(H,24,26). The van der Waals surface area contributed by atoms with Crippen LogP contribution < -0.4 is 15.8 Å². The first-order valence-electron chi connectivity index (χ1n) is 9.01. The van der Waals surface area contributed by atoms with Gasteiger partial charge in [-0.2, -0.15) is 5.26 Å². The number of rotatable bonds is 4. The zero-order chi connectivity index (χ0) is 18.6. The molecule has 27 heavy (non-hydrogen) atoms. The molecule has 0 radical (unpaired) electrons. The number of aromatic nitrogens is 3. The van der Waals surface area contributed by atoms with E-state index in [1.165, 1.54) is 0 Å². The van der Waals surface area contributed by atoms with Crippen molar-refractivity contribution in [2.45, 2.75) is 37.8 Å². The lowest BCUT2D eigenvalue weighted by Crippen LogP contribution is -2.31. The second-order valence-corrected chi connectivity index (χ2v) is 6.72. The average molecular weight is 360 g/mol.